The molecular formula is C11H14O4S. The molecule has 0 saturated carbocycles. The van der Waals surface area contributed by atoms with Crippen LogP contribution in [0, 0.1) is 0 Å². The zero-order chi connectivity index (χ0) is 12.0. The van der Waals surface area contributed by atoms with E-state index in [-0.39, 0.29) is 12.2 Å². The van der Waals surface area contributed by atoms with Gasteiger partial charge < -0.3 is 9.84 Å². The number of carboxylic acids is 1. The Morgan fingerprint density at radius 3 is 2.75 bits per heavy atom. The molecule has 0 radical (unpaired) electrons. The quantitative estimate of drug-likeness (QED) is 0.819. The molecule has 16 heavy (non-hydrogen) atoms. The number of hydrogen-bond acceptors (Lipinski definition) is 3. The van der Waals surface area contributed by atoms with E-state index >= 15 is 0 Å². The first-order valence-corrected chi connectivity index (χ1v) is 6.31. The van der Waals surface area contributed by atoms with Gasteiger partial charge in [0, 0.05) is 22.1 Å². The number of benzene rings is 1. The molecule has 0 spiro atoms. The van der Waals surface area contributed by atoms with Crippen molar-refractivity contribution in [1.82, 2.24) is 0 Å². The second kappa shape index (κ2) is 6.27. The zero-order valence-corrected chi connectivity index (χ0v) is 9.83. The van der Waals surface area contributed by atoms with Crippen LogP contribution in [0.3, 0.4) is 0 Å². The predicted molar refractivity (Wildman–Crippen MR) is 62.0 cm³/mol. The summed E-state index contributed by atoms with van der Waals surface area (Å²) in [4.78, 5) is 10.3. The van der Waals surface area contributed by atoms with Crippen molar-refractivity contribution in [3.63, 3.8) is 0 Å². The van der Waals surface area contributed by atoms with E-state index in [0.29, 0.717) is 11.5 Å². The van der Waals surface area contributed by atoms with Crippen LogP contribution < -0.4 is 4.74 Å². The summed E-state index contributed by atoms with van der Waals surface area (Å²) in [6.45, 7) is 0. The average Bonchev–Trinajstić information content (AvgIpc) is 2.27. The van der Waals surface area contributed by atoms with E-state index in [1.807, 2.05) is 18.2 Å². The highest BCUT2D eigenvalue weighted by Gasteiger charge is 2.08. The highest BCUT2D eigenvalue weighted by molar-refractivity contribution is 7.84. The first-order valence-electron chi connectivity index (χ1n) is 4.82. The van der Waals surface area contributed by atoms with Gasteiger partial charge in [-0.2, -0.15) is 0 Å². The molecule has 1 N–H and O–H groups in total. The fourth-order valence-corrected chi connectivity index (χ4v) is 2.40. The first kappa shape index (κ1) is 12.7. The van der Waals surface area contributed by atoms with Crippen molar-refractivity contribution >= 4 is 16.8 Å². The van der Waals surface area contributed by atoms with Crippen molar-refractivity contribution in [2.24, 2.45) is 0 Å². The molecule has 1 aromatic carbocycles. The number of ether oxygens (including phenoxy) is 1. The maximum atomic E-state index is 11.6. The lowest BCUT2D eigenvalue weighted by atomic mass is 10.2. The number of aliphatic carboxylic acids is 1. The molecule has 1 atom stereocenters. The predicted octanol–water partition coefficient (Wildman–Crippen LogP) is 1.42. The van der Waals surface area contributed by atoms with Crippen molar-refractivity contribution in [3.05, 3.63) is 29.8 Å². The zero-order valence-electron chi connectivity index (χ0n) is 9.01. The molecule has 0 aliphatic heterocycles. The van der Waals surface area contributed by atoms with Gasteiger partial charge in [-0.1, -0.05) is 18.2 Å². The van der Waals surface area contributed by atoms with Gasteiger partial charge in [0.05, 0.1) is 19.3 Å². The van der Waals surface area contributed by atoms with Gasteiger partial charge in [-0.3, -0.25) is 9.00 Å². The number of methoxy groups -OCH3 is 1. The molecule has 5 heteroatoms. The highest BCUT2D eigenvalue weighted by Crippen LogP contribution is 2.18. The van der Waals surface area contributed by atoms with Crippen LogP contribution >= 0.6 is 0 Å². The number of carboxylic acid groups (broad SMARTS) is 1. The normalized spacial score (nSPS) is 12.1. The van der Waals surface area contributed by atoms with Gasteiger partial charge in [-0.15, -0.1) is 0 Å². The Labute approximate surface area is 96.7 Å². The number of hydrogen-bond donors (Lipinski definition) is 1. The second-order valence-corrected chi connectivity index (χ2v) is 4.82. The summed E-state index contributed by atoms with van der Waals surface area (Å²) >= 11 is 0. The summed E-state index contributed by atoms with van der Waals surface area (Å²) in [7, 11) is 0.390. The summed E-state index contributed by atoms with van der Waals surface area (Å²) in [6.07, 6.45) is -0.0677. The largest absolute Gasteiger partial charge is 0.496 e. The van der Waals surface area contributed by atoms with Crippen LogP contribution in [0.5, 0.6) is 5.75 Å². The summed E-state index contributed by atoms with van der Waals surface area (Å²) in [5.74, 6) is 0.268. The molecule has 4 nitrogen and oxygen atoms in total. The molecule has 0 aliphatic carbocycles. The third-order valence-corrected chi connectivity index (χ3v) is 3.35. The van der Waals surface area contributed by atoms with Gasteiger partial charge in [-0.25, -0.2) is 0 Å². The van der Waals surface area contributed by atoms with Gasteiger partial charge >= 0.3 is 5.97 Å². The highest BCUT2D eigenvalue weighted by atomic mass is 32.2. The van der Waals surface area contributed by atoms with Crippen LogP contribution in [0.1, 0.15) is 12.0 Å². The fraction of sp³-hybridized carbons (Fsp3) is 0.364. The maximum absolute atomic E-state index is 11.6. The van der Waals surface area contributed by atoms with E-state index in [4.69, 9.17) is 9.84 Å². The van der Waals surface area contributed by atoms with E-state index in [1.54, 1.807) is 13.2 Å². The van der Waals surface area contributed by atoms with Crippen molar-refractivity contribution in [3.8, 4) is 5.75 Å². The van der Waals surface area contributed by atoms with Gasteiger partial charge in [0.25, 0.3) is 0 Å². The molecule has 1 rings (SSSR count). The summed E-state index contributed by atoms with van der Waals surface area (Å²) in [5.41, 5.74) is 0.841. The molecule has 0 aliphatic rings. The number of para-hydroxylation sites is 1. The molecular weight excluding hydrogens is 228 g/mol. The van der Waals surface area contributed by atoms with Crippen LogP contribution in [0.4, 0.5) is 0 Å². The molecule has 0 aromatic heterocycles. The number of rotatable bonds is 6. The lowest BCUT2D eigenvalue weighted by molar-refractivity contribution is -0.136. The van der Waals surface area contributed by atoms with Gasteiger partial charge in [0.15, 0.2) is 0 Å². The van der Waals surface area contributed by atoms with E-state index in [0.717, 1.165) is 5.56 Å². The van der Waals surface area contributed by atoms with Crippen LogP contribution in [0.2, 0.25) is 0 Å². The monoisotopic (exact) mass is 242 g/mol. The molecule has 0 heterocycles. The molecule has 0 bridgehead atoms. The van der Waals surface area contributed by atoms with Gasteiger partial charge in [0.1, 0.15) is 5.75 Å². The van der Waals surface area contributed by atoms with Crippen LogP contribution in [0.25, 0.3) is 0 Å². The van der Waals surface area contributed by atoms with E-state index in [1.165, 1.54) is 0 Å². The minimum absolute atomic E-state index is 0.0677. The third-order valence-electron chi connectivity index (χ3n) is 2.05. The minimum atomic E-state index is -1.16. The average molecular weight is 242 g/mol. The Kier molecular flexibility index (Phi) is 4.98. The Bertz CT molecular complexity index is 389. The Morgan fingerprint density at radius 2 is 2.12 bits per heavy atom. The Balaban J connectivity index is 2.58. The lowest BCUT2D eigenvalue weighted by Gasteiger charge is -2.07. The van der Waals surface area contributed by atoms with Crippen molar-refractivity contribution < 1.29 is 18.8 Å². The smallest absolute Gasteiger partial charge is 0.304 e. The Hall–Kier alpha value is -1.36. The second-order valence-electron chi connectivity index (χ2n) is 3.24. The minimum Gasteiger partial charge on any atom is -0.496 e. The van der Waals surface area contributed by atoms with Crippen molar-refractivity contribution in [1.29, 1.82) is 0 Å². The molecule has 0 fully saturated rings. The van der Waals surface area contributed by atoms with Crippen molar-refractivity contribution in [2.45, 2.75) is 12.2 Å². The standard InChI is InChI=1S/C11H14O4S/c1-15-10-5-3-2-4-9(10)8-16(14)7-6-11(12)13/h2-5H,6-8H2,1H3,(H,12,13). The number of carbonyl (C=O) groups is 1. The molecule has 0 amide bonds. The van der Waals surface area contributed by atoms with Crippen LogP contribution in [-0.2, 0) is 21.3 Å². The van der Waals surface area contributed by atoms with Gasteiger partial charge in [0.2, 0.25) is 0 Å². The van der Waals surface area contributed by atoms with Crippen molar-refractivity contribution in [2.75, 3.05) is 12.9 Å². The van der Waals surface area contributed by atoms with E-state index < -0.39 is 16.8 Å². The van der Waals surface area contributed by atoms with Crippen LogP contribution in [0.15, 0.2) is 24.3 Å². The molecule has 1 aromatic rings. The van der Waals surface area contributed by atoms with Crippen LogP contribution in [-0.4, -0.2) is 28.1 Å². The maximum Gasteiger partial charge on any atom is 0.304 e. The van der Waals surface area contributed by atoms with Gasteiger partial charge in [-0.05, 0) is 6.07 Å². The molecule has 0 saturated heterocycles. The first-order chi connectivity index (χ1) is 7.63. The fourth-order valence-electron chi connectivity index (χ4n) is 1.27. The summed E-state index contributed by atoms with van der Waals surface area (Å²) < 4.78 is 16.7. The van der Waals surface area contributed by atoms with E-state index in [2.05, 4.69) is 0 Å². The topological polar surface area (TPSA) is 63.6 Å². The summed E-state index contributed by atoms with van der Waals surface area (Å²) in [5, 5.41) is 8.47. The third kappa shape index (κ3) is 4.02. The molecule has 1 unspecified atom stereocenters. The molecule has 88 valence electrons. The Morgan fingerprint density at radius 1 is 1.44 bits per heavy atom. The summed E-state index contributed by atoms with van der Waals surface area (Å²) in [6, 6.07) is 7.30. The SMILES string of the molecule is COc1ccccc1CS(=O)CCC(=O)O. The van der Waals surface area contributed by atoms with E-state index in [9.17, 15) is 9.00 Å². The lowest BCUT2D eigenvalue weighted by Crippen LogP contribution is -2.07.